The van der Waals surface area contributed by atoms with Gasteiger partial charge in [0.05, 0.1) is 6.54 Å². The average Bonchev–Trinajstić information content (AvgIpc) is 2.90. The van der Waals surface area contributed by atoms with E-state index in [9.17, 15) is 9.59 Å². The Hall–Kier alpha value is -1.85. The van der Waals surface area contributed by atoms with Gasteiger partial charge in [-0.3, -0.25) is 9.59 Å². The molecule has 1 aromatic rings. The van der Waals surface area contributed by atoms with E-state index in [0.717, 1.165) is 0 Å². The fraction of sp³-hybridized carbons (Fsp3) is 0.737. The van der Waals surface area contributed by atoms with Gasteiger partial charge in [-0.05, 0) is 17.3 Å². The molecule has 1 aromatic heterocycles. The zero-order valence-corrected chi connectivity index (χ0v) is 16.7. The molecule has 1 N–H and O–H groups in total. The number of hydrogen-bond donors (Lipinski definition) is 1. The summed E-state index contributed by atoms with van der Waals surface area (Å²) in [5.41, 5.74) is 0.175. The lowest BCUT2D eigenvalue weighted by Crippen LogP contribution is -2.36. The molecule has 0 bridgehead atoms. The summed E-state index contributed by atoms with van der Waals surface area (Å²) >= 11 is 0. The van der Waals surface area contributed by atoms with Crippen LogP contribution in [0.1, 0.15) is 71.3 Å². The summed E-state index contributed by atoms with van der Waals surface area (Å²) in [6, 6.07) is 0. The van der Waals surface area contributed by atoms with Gasteiger partial charge >= 0.3 is 0 Å². The molecule has 0 atom stereocenters. The van der Waals surface area contributed by atoms with Crippen molar-refractivity contribution in [3.63, 3.8) is 0 Å². The van der Waals surface area contributed by atoms with Crippen molar-refractivity contribution in [3.8, 4) is 0 Å². The molecule has 0 radical (unpaired) electrons. The molecule has 2 amide bonds. The van der Waals surface area contributed by atoms with Gasteiger partial charge in [-0.1, -0.05) is 48.5 Å². The number of aromatic nitrogens is 1. The fourth-order valence-electron chi connectivity index (χ4n) is 2.30. The van der Waals surface area contributed by atoms with Crippen molar-refractivity contribution in [1.29, 1.82) is 0 Å². The third-order valence-corrected chi connectivity index (χ3v) is 3.40. The lowest BCUT2D eigenvalue weighted by molar-refractivity contribution is -0.134. The Kier molecular flexibility index (Phi) is 7.64. The van der Waals surface area contributed by atoms with E-state index in [1.54, 1.807) is 4.90 Å². The van der Waals surface area contributed by atoms with E-state index in [2.05, 4.69) is 24.1 Å². The van der Waals surface area contributed by atoms with Gasteiger partial charge in [0.15, 0.2) is 5.69 Å². The van der Waals surface area contributed by atoms with E-state index < -0.39 is 0 Å². The summed E-state index contributed by atoms with van der Waals surface area (Å²) in [6.45, 7) is 15.8. The number of oxazole rings is 1. The molecular weight excluding hydrogens is 318 g/mol. The van der Waals surface area contributed by atoms with Gasteiger partial charge in [0, 0.05) is 19.5 Å². The highest BCUT2D eigenvalue weighted by Gasteiger charge is 2.24. The molecule has 0 saturated carbocycles. The topological polar surface area (TPSA) is 75.4 Å². The second kappa shape index (κ2) is 9.02. The van der Waals surface area contributed by atoms with Crippen LogP contribution in [-0.4, -0.2) is 34.8 Å². The summed E-state index contributed by atoms with van der Waals surface area (Å²) in [7, 11) is 0. The highest BCUT2D eigenvalue weighted by Crippen LogP contribution is 2.21. The predicted molar refractivity (Wildman–Crippen MR) is 98.0 cm³/mol. The van der Waals surface area contributed by atoms with Crippen LogP contribution in [0.25, 0.3) is 0 Å². The van der Waals surface area contributed by atoms with Crippen molar-refractivity contribution >= 4 is 11.8 Å². The predicted octanol–water partition coefficient (Wildman–Crippen LogP) is 3.48. The first-order chi connectivity index (χ1) is 11.5. The van der Waals surface area contributed by atoms with Crippen molar-refractivity contribution in [2.24, 2.45) is 17.3 Å². The van der Waals surface area contributed by atoms with E-state index >= 15 is 0 Å². The Morgan fingerprint density at radius 1 is 1.20 bits per heavy atom. The summed E-state index contributed by atoms with van der Waals surface area (Å²) in [5, 5.41) is 2.81. The molecular formula is C19H33N3O3. The minimum Gasteiger partial charge on any atom is -0.446 e. The Labute approximate surface area is 151 Å². The van der Waals surface area contributed by atoms with Crippen LogP contribution in [0.15, 0.2) is 10.7 Å². The van der Waals surface area contributed by atoms with Crippen LogP contribution in [0, 0.1) is 17.3 Å². The lowest BCUT2D eigenvalue weighted by Gasteiger charge is -2.27. The van der Waals surface area contributed by atoms with Crippen LogP contribution in [-0.2, 0) is 11.3 Å². The van der Waals surface area contributed by atoms with Crippen molar-refractivity contribution in [1.82, 2.24) is 15.2 Å². The molecule has 6 nitrogen and oxygen atoms in total. The monoisotopic (exact) mass is 351 g/mol. The van der Waals surface area contributed by atoms with Gasteiger partial charge in [-0.15, -0.1) is 0 Å². The van der Waals surface area contributed by atoms with E-state index in [1.165, 1.54) is 6.26 Å². The Morgan fingerprint density at radius 2 is 1.84 bits per heavy atom. The Balaban J connectivity index is 2.77. The van der Waals surface area contributed by atoms with Crippen LogP contribution >= 0.6 is 0 Å². The quantitative estimate of drug-likeness (QED) is 0.778. The van der Waals surface area contributed by atoms with Gasteiger partial charge in [0.2, 0.25) is 11.8 Å². The van der Waals surface area contributed by atoms with Gasteiger partial charge in [0.25, 0.3) is 5.91 Å². The first kappa shape index (κ1) is 21.2. The van der Waals surface area contributed by atoms with E-state index in [4.69, 9.17) is 4.42 Å². The third-order valence-electron chi connectivity index (χ3n) is 3.40. The van der Waals surface area contributed by atoms with Gasteiger partial charge in [0.1, 0.15) is 6.26 Å². The third kappa shape index (κ3) is 8.18. The van der Waals surface area contributed by atoms with Crippen LogP contribution in [0.2, 0.25) is 0 Å². The van der Waals surface area contributed by atoms with Crippen LogP contribution in [0.4, 0.5) is 0 Å². The molecule has 25 heavy (non-hydrogen) atoms. The maximum Gasteiger partial charge on any atom is 0.273 e. The number of amides is 2. The molecule has 6 heteroatoms. The first-order valence-electron chi connectivity index (χ1n) is 8.98. The smallest absolute Gasteiger partial charge is 0.273 e. The molecule has 1 heterocycles. The summed E-state index contributed by atoms with van der Waals surface area (Å²) < 4.78 is 5.42. The molecule has 0 aliphatic carbocycles. The molecule has 0 fully saturated rings. The van der Waals surface area contributed by atoms with Crippen molar-refractivity contribution in [2.45, 2.75) is 61.4 Å². The van der Waals surface area contributed by atoms with E-state index in [0.29, 0.717) is 37.2 Å². The van der Waals surface area contributed by atoms with E-state index in [-0.39, 0.29) is 29.5 Å². The second-order valence-electron chi connectivity index (χ2n) is 8.64. The van der Waals surface area contributed by atoms with Crippen LogP contribution in [0.5, 0.6) is 0 Å². The normalized spacial score (nSPS) is 11.9. The van der Waals surface area contributed by atoms with Crippen LogP contribution < -0.4 is 5.32 Å². The molecule has 0 aliphatic rings. The summed E-state index contributed by atoms with van der Waals surface area (Å²) in [6.07, 6.45) is 1.81. The summed E-state index contributed by atoms with van der Waals surface area (Å²) in [5.74, 6) is 0.919. The molecule has 0 spiro atoms. The zero-order chi connectivity index (χ0) is 19.2. The molecule has 1 rings (SSSR count). The van der Waals surface area contributed by atoms with Crippen molar-refractivity contribution in [3.05, 3.63) is 17.8 Å². The molecule has 0 aliphatic heterocycles. The number of carbonyl (C=O) groups excluding carboxylic acids is 2. The minimum absolute atomic E-state index is 0.0743. The number of nitrogens with zero attached hydrogens (tertiary/aromatic N) is 2. The number of rotatable bonds is 8. The minimum atomic E-state index is -0.250. The average molecular weight is 351 g/mol. The molecule has 0 saturated heterocycles. The van der Waals surface area contributed by atoms with Crippen molar-refractivity contribution < 1.29 is 14.0 Å². The number of nitrogens with one attached hydrogen (secondary N) is 1. The van der Waals surface area contributed by atoms with Gasteiger partial charge in [-0.25, -0.2) is 4.98 Å². The SMILES string of the molecule is CC(C)CNC(=O)c1coc(CN(CC(C)C)C(=O)CC(C)(C)C)n1. The summed E-state index contributed by atoms with van der Waals surface area (Å²) in [4.78, 5) is 30.6. The first-order valence-corrected chi connectivity index (χ1v) is 8.98. The number of hydrogen-bond acceptors (Lipinski definition) is 4. The van der Waals surface area contributed by atoms with Gasteiger partial charge in [-0.2, -0.15) is 0 Å². The molecule has 0 unspecified atom stereocenters. The second-order valence-corrected chi connectivity index (χ2v) is 8.64. The van der Waals surface area contributed by atoms with Crippen LogP contribution in [0.3, 0.4) is 0 Å². The lowest BCUT2D eigenvalue weighted by atomic mass is 9.91. The number of carbonyl (C=O) groups is 2. The highest BCUT2D eigenvalue weighted by molar-refractivity contribution is 5.91. The maximum absolute atomic E-state index is 12.6. The highest BCUT2D eigenvalue weighted by atomic mass is 16.3. The zero-order valence-electron chi connectivity index (χ0n) is 16.7. The Bertz CT molecular complexity index is 571. The standard InChI is InChI=1S/C19H33N3O3/c1-13(2)9-20-18(24)15-12-25-16(21-15)11-22(10-14(3)4)17(23)8-19(5,6)7/h12-14H,8-11H2,1-7H3,(H,20,24). The largest absolute Gasteiger partial charge is 0.446 e. The van der Waals surface area contributed by atoms with Crippen molar-refractivity contribution in [2.75, 3.05) is 13.1 Å². The van der Waals surface area contributed by atoms with Gasteiger partial charge < -0.3 is 14.6 Å². The molecule has 0 aromatic carbocycles. The maximum atomic E-state index is 12.6. The molecule has 142 valence electrons. The van der Waals surface area contributed by atoms with E-state index in [1.807, 2.05) is 34.6 Å². The Morgan fingerprint density at radius 3 is 2.36 bits per heavy atom. The fourth-order valence-corrected chi connectivity index (χ4v) is 2.30.